The zero-order chi connectivity index (χ0) is 23.6. The van der Waals surface area contributed by atoms with E-state index in [1.165, 1.54) is 4.68 Å². The van der Waals surface area contributed by atoms with Crippen LogP contribution in [0.4, 0.5) is 19.0 Å². The Balaban J connectivity index is 1.61. The van der Waals surface area contributed by atoms with Crippen LogP contribution in [0.3, 0.4) is 0 Å². The van der Waals surface area contributed by atoms with E-state index in [0.717, 1.165) is 11.6 Å². The van der Waals surface area contributed by atoms with Crippen LogP contribution < -0.4 is 5.32 Å². The minimum atomic E-state index is -4.62. The van der Waals surface area contributed by atoms with Gasteiger partial charge < -0.3 is 5.32 Å². The van der Waals surface area contributed by atoms with E-state index in [1.54, 1.807) is 37.4 Å². The fourth-order valence-electron chi connectivity index (χ4n) is 3.86. The standard InChI is InChI=1S/C25H23F3N4O/c1-16(17-9-5-3-6-10-17)13-19(33)15-29-21-14-20(25(26,27)28)22-23(18-11-7-4-8-12-18)31-32(2)24(22)30-21/h3-12,14,16H,13,15H2,1-2H3,(H,29,30)/t16-/m1/s1. The number of halogens is 3. The molecule has 0 bridgehead atoms. The van der Waals surface area contributed by atoms with Gasteiger partial charge in [0, 0.05) is 19.0 Å². The van der Waals surface area contributed by atoms with Crippen LogP contribution in [0.2, 0.25) is 0 Å². The lowest BCUT2D eigenvalue weighted by atomic mass is 9.96. The third kappa shape index (κ3) is 4.89. The Labute approximate surface area is 189 Å². The van der Waals surface area contributed by atoms with Gasteiger partial charge in [0.05, 0.1) is 17.5 Å². The van der Waals surface area contributed by atoms with Crippen LogP contribution in [0.1, 0.15) is 30.4 Å². The molecule has 0 radical (unpaired) electrons. The molecule has 5 nitrogen and oxygen atoms in total. The summed E-state index contributed by atoms with van der Waals surface area (Å²) in [6.07, 6.45) is -4.34. The maximum absolute atomic E-state index is 14.0. The van der Waals surface area contributed by atoms with E-state index in [0.29, 0.717) is 5.56 Å². The number of carbonyl (C=O) groups is 1. The van der Waals surface area contributed by atoms with Crippen LogP contribution in [-0.2, 0) is 18.0 Å². The number of rotatable bonds is 7. The number of ketones is 1. The lowest BCUT2D eigenvalue weighted by Crippen LogP contribution is -2.17. The molecule has 2 aromatic heterocycles. The van der Waals surface area contributed by atoms with E-state index in [-0.39, 0.29) is 47.2 Å². The second-order valence-corrected chi connectivity index (χ2v) is 8.00. The number of benzene rings is 2. The monoisotopic (exact) mass is 452 g/mol. The van der Waals surface area contributed by atoms with Crippen molar-refractivity contribution in [1.82, 2.24) is 14.8 Å². The van der Waals surface area contributed by atoms with Crippen LogP contribution in [0.25, 0.3) is 22.3 Å². The van der Waals surface area contributed by atoms with Gasteiger partial charge in [-0.25, -0.2) is 9.67 Å². The molecule has 170 valence electrons. The quantitative estimate of drug-likeness (QED) is 0.383. The number of nitrogens with one attached hydrogen (secondary N) is 1. The molecular formula is C25H23F3N4O. The van der Waals surface area contributed by atoms with E-state index in [1.807, 2.05) is 37.3 Å². The normalized spacial score (nSPS) is 12.6. The van der Waals surface area contributed by atoms with Gasteiger partial charge in [-0.05, 0) is 17.5 Å². The molecule has 0 spiro atoms. The van der Waals surface area contributed by atoms with E-state index in [4.69, 9.17) is 0 Å². The number of aromatic nitrogens is 3. The van der Waals surface area contributed by atoms with E-state index in [9.17, 15) is 18.0 Å². The Morgan fingerprint density at radius 3 is 2.33 bits per heavy atom. The molecule has 0 amide bonds. The number of nitrogens with zero attached hydrogens (tertiary/aromatic N) is 3. The zero-order valence-electron chi connectivity index (χ0n) is 18.2. The highest BCUT2D eigenvalue weighted by Crippen LogP contribution is 2.40. The van der Waals surface area contributed by atoms with Crippen molar-refractivity contribution in [3.05, 3.63) is 77.9 Å². The van der Waals surface area contributed by atoms with Crippen LogP contribution >= 0.6 is 0 Å². The van der Waals surface area contributed by atoms with Crippen molar-refractivity contribution in [2.45, 2.75) is 25.4 Å². The fraction of sp³-hybridized carbons (Fsp3) is 0.240. The Hall–Kier alpha value is -3.68. The SMILES string of the molecule is C[C@H](CC(=O)CNc1cc(C(F)(F)F)c2c(-c3ccccc3)nn(C)c2n1)c1ccccc1. The van der Waals surface area contributed by atoms with Crippen molar-refractivity contribution >= 4 is 22.6 Å². The number of pyridine rings is 1. The molecule has 4 aromatic rings. The van der Waals surface area contributed by atoms with Crippen LogP contribution in [0.5, 0.6) is 0 Å². The van der Waals surface area contributed by atoms with Crippen molar-refractivity contribution in [1.29, 1.82) is 0 Å². The highest BCUT2D eigenvalue weighted by atomic mass is 19.4. The van der Waals surface area contributed by atoms with Crippen molar-refractivity contribution < 1.29 is 18.0 Å². The molecule has 0 saturated heterocycles. The lowest BCUT2D eigenvalue weighted by molar-refractivity contribution is -0.136. The topological polar surface area (TPSA) is 59.8 Å². The molecule has 0 saturated carbocycles. The number of alkyl halides is 3. The highest BCUT2D eigenvalue weighted by Gasteiger charge is 2.36. The molecule has 0 fully saturated rings. The van der Waals surface area contributed by atoms with Gasteiger partial charge in [-0.2, -0.15) is 18.3 Å². The average Bonchev–Trinajstić information content (AvgIpc) is 3.14. The number of Topliss-reactive ketones (excluding diaryl/α,β-unsaturated/α-hetero) is 1. The summed E-state index contributed by atoms with van der Waals surface area (Å²) in [5.74, 6) is -0.123. The molecule has 0 aliphatic rings. The summed E-state index contributed by atoms with van der Waals surface area (Å²) < 4.78 is 43.3. The Morgan fingerprint density at radius 2 is 1.70 bits per heavy atom. The van der Waals surface area contributed by atoms with Gasteiger partial charge >= 0.3 is 6.18 Å². The van der Waals surface area contributed by atoms with E-state index >= 15 is 0 Å². The molecule has 2 heterocycles. The molecule has 8 heteroatoms. The summed E-state index contributed by atoms with van der Waals surface area (Å²) in [4.78, 5) is 16.8. The highest BCUT2D eigenvalue weighted by molar-refractivity contribution is 5.95. The van der Waals surface area contributed by atoms with Crippen LogP contribution in [0, 0.1) is 0 Å². The predicted octanol–water partition coefficient (Wildman–Crippen LogP) is 5.83. The number of hydrogen-bond acceptors (Lipinski definition) is 4. The van der Waals surface area contributed by atoms with Gasteiger partial charge in [0.25, 0.3) is 0 Å². The first-order valence-corrected chi connectivity index (χ1v) is 10.5. The van der Waals surface area contributed by atoms with Gasteiger partial charge in [0.15, 0.2) is 11.4 Å². The molecule has 0 aliphatic carbocycles. The summed E-state index contributed by atoms with van der Waals surface area (Å²) in [5, 5.41) is 7.02. The van der Waals surface area contributed by atoms with Crippen LogP contribution in [-0.4, -0.2) is 27.1 Å². The summed E-state index contributed by atoms with van der Waals surface area (Å²) in [5.41, 5.74) is 1.07. The first-order chi connectivity index (χ1) is 15.7. The summed E-state index contributed by atoms with van der Waals surface area (Å²) in [6.45, 7) is 1.83. The molecular weight excluding hydrogens is 429 g/mol. The fourth-order valence-corrected chi connectivity index (χ4v) is 3.86. The maximum Gasteiger partial charge on any atom is 0.417 e. The predicted molar refractivity (Wildman–Crippen MR) is 122 cm³/mol. The summed E-state index contributed by atoms with van der Waals surface area (Å²) >= 11 is 0. The number of hydrogen-bond donors (Lipinski definition) is 1. The number of carbonyl (C=O) groups excluding carboxylic acids is 1. The first kappa shape index (κ1) is 22.5. The van der Waals surface area contributed by atoms with Gasteiger partial charge in [0.1, 0.15) is 11.5 Å². The minimum absolute atomic E-state index is 0.00665. The maximum atomic E-state index is 14.0. The molecule has 33 heavy (non-hydrogen) atoms. The van der Waals surface area contributed by atoms with Gasteiger partial charge in [-0.15, -0.1) is 0 Å². The lowest BCUT2D eigenvalue weighted by Gasteiger charge is -2.14. The van der Waals surface area contributed by atoms with Gasteiger partial charge in [0.2, 0.25) is 0 Å². The molecule has 0 unspecified atom stereocenters. The molecule has 2 aromatic carbocycles. The molecule has 4 rings (SSSR count). The minimum Gasteiger partial charge on any atom is -0.363 e. The first-order valence-electron chi connectivity index (χ1n) is 10.5. The second-order valence-electron chi connectivity index (χ2n) is 8.00. The third-order valence-electron chi connectivity index (χ3n) is 5.52. The molecule has 1 atom stereocenters. The van der Waals surface area contributed by atoms with Gasteiger partial charge in [-0.1, -0.05) is 67.6 Å². The Kier molecular flexibility index (Phi) is 6.18. The third-order valence-corrected chi connectivity index (χ3v) is 5.52. The van der Waals surface area contributed by atoms with Crippen LogP contribution in [0.15, 0.2) is 66.7 Å². The number of anilines is 1. The average molecular weight is 452 g/mol. The second kappa shape index (κ2) is 9.05. The Morgan fingerprint density at radius 1 is 1.06 bits per heavy atom. The zero-order valence-corrected chi connectivity index (χ0v) is 18.2. The molecule has 0 aliphatic heterocycles. The van der Waals surface area contributed by atoms with Crippen molar-refractivity contribution in [3.63, 3.8) is 0 Å². The number of aryl methyl sites for hydroxylation is 1. The van der Waals surface area contributed by atoms with Crippen molar-refractivity contribution in [2.24, 2.45) is 7.05 Å². The van der Waals surface area contributed by atoms with E-state index in [2.05, 4.69) is 15.4 Å². The van der Waals surface area contributed by atoms with Gasteiger partial charge in [-0.3, -0.25) is 4.79 Å². The summed E-state index contributed by atoms with van der Waals surface area (Å²) in [7, 11) is 1.55. The largest absolute Gasteiger partial charge is 0.417 e. The smallest absolute Gasteiger partial charge is 0.363 e. The number of fused-ring (bicyclic) bond motifs is 1. The Bertz CT molecular complexity index is 1270. The molecule has 1 N–H and O–H groups in total. The summed E-state index contributed by atoms with van der Waals surface area (Å²) in [6, 6.07) is 19.3. The van der Waals surface area contributed by atoms with Crippen molar-refractivity contribution in [3.8, 4) is 11.3 Å². The van der Waals surface area contributed by atoms with E-state index < -0.39 is 11.7 Å². The van der Waals surface area contributed by atoms with Crippen molar-refractivity contribution in [2.75, 3.05) is 11.9 Å².